The molecule has 1 unspecified atom stereocenters. The first-order valence-corrected chi connectivity index (χ1v) is 3.58. The highest BCUT2D eigenvalue weighted by Crippen LogP contribution is 2.34. The zero-order valence-corrected chi connectivity index (χ0v) is 6.38. The first-order chi connectivity index (χ1) is 5.80. The Morgan fingerprint density at radius 3 is 1.31 bits per heavy atom. The minimum atomic E-state index is -4.03. The van der Waals surface area contributed by atoms with Gasteiger partial charge < -0.3 is 25.5 Å². The van der Waals surface area contributed by atoms with Gasteiger partial charge in [0, 0.05) is 0 Å². The normalized spacial score (nSPS) is 50.5. The van der Waals surface area contributed by atoms with E-state index in [1.807, 2.05) is 0 Å². The molecule has 1 aliphatic carbocycles. The minimum Gasteiger partial charge on any atom is -0.387 e. The molecule has 1 rings (SSSR count). The van der Waals surface area contributed by atoms with Crippen LogP contribution in [0, 0.1) is 0 Å². The van der Waals surface area contributed by atoms with Crippen molar-refractivity contribution in [2.75, 3.05) is 0 Å². The van der Waals surface area contributed by atoms with E-state index in [1.165, 1.54) is 0 Å². The monoisotopic (exact) mass is 200 g/mol. The Labute approximate surface area is 71.9 Å². The van der Waals surface area contributed by atoms with E-state index in [0.717, 1.165) is 0 Å². The van der Waals surface area contributed by atoms with Crippen LogP contribution in [0.3, 0.4) is 0 Å². The third kappa shape index (κ3) is 1.42. The van der Waals surface area contributed by atoms with Crippen molar-refractivity contribution in [3.8, 4) is 0 Å². The quantitative estimate of drug-likeness (QED) is 0.296. The maximum atomic E-state index is 12.7. The minimum absolute atomic E-state index is 1.98. The number of hydrogen-bond acceptors (Lipinski definition) is 5. The van der Waals surface area contributed by atoms with Crippen LogP contribution < -0.4 is 0 Å². The van der Waals surface area contributed by atoms with Crippen LogP contribution in [-0.2, 0) is 0 Å². The summed E-state index contributed by atoms with van der Waals surface area (Å²) in [5.74, 6) is -4.03. The number of alkyl halides is 2. The van der Waals surface area contributed by atoms with E-state index in [9.17, 15) is 8.78 Å². The van der Waals surface area contributed by atoms with E-state index in [4.69, 9.17) is 25.5 Å². The molecule has 1 saturated carbocycles. The van der Waals surface area contributed by atoms with Crippen molar-refractivity contribution >= 4 is 0 Å². The van der Waals surface area contributed by atoms with Crippen LogP contribution in [0.1, 0.15) is 0 Å². The van der Waals surface area contributed by atoms with Crippen LogP contribution in [0.2, 0.25) is 0 Å². The number of halogens is 2. The average molecular weight is 200 g/mol. The van der Waals surface area contributed by atoms with Gasteiger partial charge in [0.15, 0.2) is 0 Å². The van der Waals surface area contributed by atoms with Crippen molar-refractivity contribution < 1.29 is 34.3 Å². The molecular weight excluding hydrogens is 190 g/mol. The fraction of sp³-hybridized carbons (Fsp3) is 1.00. The molecule has 0 aromatic heterocycles. The molecule has 0 amide bonds. The molecule has 0 saturated heterocycles. The average Bonchev–Trinajstić information content (AvgIpc) is 2.09. The summed E-state index contributed by atoms with van der Waals surface area (Å²) in [6.45, 7) is 0. The maximum absolute atomic E-state index is 12.7. The first-order valence-electron chi connectivity index (χ1n) is 3.58. The predicted molar refractivity (Wildman–Crippen MR) is 35.0 cm³/mol. The van der Waals surface area contributed by atoms with Gasteiger partial charge >= 0.3 is 5.92 Å². The Morgan fingerprint density at radius 1 is 0.692 bits per heavy atom. The third-order valence-corrected chi connectivity index (χ3v) is 2.14. The molecule has 1 fully saturated rings. The van der Waals surface area contributed by atoms with Gasteiger partial charge in [-0.05, 0) is 0 Å². The second-order valence-electron chi connectivity index (χ2n) is 3.04. The molecule has 0 spiro atoms. The van der Waals surface area contributed by atoms with E-state index < -0.39 is 36.4 Å². The lowest BCUT2D eigenvalue weighted by molar-refractivity contribution is -0.285. The number of hydrogen-bond donors (Lipinski definition) is 5. The summed E-state index contributed by atoms with van der Waals surface area (Å²) in [6.07, 6.45) is -11.5. The molecule has 5 nitrogen and oxygen atoms in total. The Morgan fingerprint density at radius 2 is 1.00 bits per heavy atom. The third-order valence-electron chi connectivity index (χ3n) is 2.14. The van der Waals surface area contributed by atoms with E-state index >= 15 is 0 Å². The molecule has 13 heavy (non-hydrogen) atoms. The Hall–Kier alpha value is -0.340. The van der Waals surface area contributed by atoms with Crippen LogP contribution >= 0.6 is 0 Å². The molecule has 7 heteroatoms. The lowest BCUT2D eigenvalue weighted by Crippen LogP contribution is -2.67. The van der Waals surface area contributed by atoms with Crippen molar-refractivity contribution in [1.29, 1.82) is 0 Å². The topological polar surface area (TPSA) is 101 Å². The lowest BCUT2D eigenvalue weighted by Gasteiger charge is -2.41. The summed E-state index contributed by atoms with van der Waals surface area (Å²) in [5, 5.41) is 44.0. The van der Waals surface area contributed by atoms with Crippen LogP contribution in [0.4, 0.5) is 8.78 Å². The van der Waals surface area contributed by atoms with E-state index in [-0.39, 0.29) is 0 Å². The molecule has 5 atom stereocenters. The molecule has 0 aliphatic heterocycles. The van der Waals surface area contributed by atoms with E-state index in [1.54, 1.807) is 0 Å². The zero-order chi connectivity index (χ0) is 10.4. The molecule has 0 bridgehead atoms. The molecule has 5 N–H and O–H groups in total. The lowest BCUT2D eigenvalue weighted by atomic mass is 9.84. The smallest absolute Gasteiger partial charge is 0.303 e. The molecule has 78 valence electrons. The summed E-state index contributed by atoms with van der Waals surface area (Å²) in [7, 11) is 0. The largest absolute Gasteiger partial charge is 0.387 e. The first kappa shape index (κ1) is 10.7. The molecular formula is C6H10F2O5. The fourth-order valence-corrected chi connectivity index (χ4v) is 1.21. The van der Waals surface area contributed by atoms with Gasteiger partial charge in [-0.15, -0.1) is 0 Å². The Balaban J connectivity index is 2.93. The van der Waals surface area contributed by atoms with Gasteiger partial charge in [0.2, 0.25) is 0 Å². The SMILES string of the molecule is OC1[C@@H](O)[C@H](O)C(F)(F)[C@H](O)[C@H]1O. The molecule has 1 aliphatic rings. The van der Waals surface area contributed by atoms with Crippen molar-refractivity contribution in [3.63, 3.8) is 0 Å². The summed E-state index contributed by atoms with van der Waals surface area (Å²) in [5.41, 5.74) is 0. The van der Waals surface area contributed by atoms with E-state index in [2.05, 4.69) is 0 Å². The Bertz CT molecular complexity index is 181. The second kappa shape index (κ2) is 3.10. The van der Waals surface area contributed by atoms with Crippen LogP contribution in [-0.4, -0.2) is 62.0 Å². The van der Waals surface area contributed by atoms with Crippen LogP contribution in [0.15, 0.2) is 0 Å². The van der Waals surface area contributed by atoms with Gasteiger partial charge in [-0.25, -0.2) is 8.78 Å². The summed E-state index contributed by atoms with van der Waals surface area (Å²) < 4.78 is 25.5. The number of aliphatic hydroxyl groups is 5. The van der Waals surface area contributed by atoms with Crippen molar-refractivity contribution in [3.05, 3.63) is 0 Å². The van der Waals surface area contributed by atoms with Gasteiger partial charge in [-0.1, -0.05) is 0 Å². The summed E-state index contributed by atoms with van der Waals surface area (Å²) in [6, 6.07) is 0. The number of rotatable bonds is 0. The van der Waals surface area contributed by atoms with Gasteiger partial charge in [-0.2, -0.15) is 0 Å². The molecule has 0 heterocycles. The van der Waals surface area contributed by atoms with Crippen molar-refractivity contribution in [1.82, 2.24) is 0 Å². The van der Waals surface area contributed by atoms with E-state index in [0.29, 0.717) is 0 Å². The van der Waals surface area contributed by atoms with Gasteiger partial charge in [0.1, 0.15) is 30.5 Å². The highest BCUT2D eigenvalue weighted by Gasteiger charge is 2.60. The maximum Gasteiger partial charge on any atom is 0.303 e. The molecule has 0 aromatic rings. The van der Waals surface area contributed by atoms with Crippen molar-refractivity contribution in [2.24, 2.45) is 0 Å². The second-order valence-corrected chi connectivity index (χ2v) is 3.04. The standard InChI is InChI=1S/C6H10F2O5/c7-6(8)4(12)2(10)1(9)3(11)5(6)13/h1-5,9-13H/t1?,2-,3+,4+,5-. The molecule has 0 radical (unpaired) electrons. The highest BCUT2D eigenvalue weighted by molar-refractivity contribution is 5.03. The predicted octanol–water partition coefficient (Wildman–Crippen LogP) is -2.56. The Kier molecular flexibility index (Phi) is 2.56. The van der Waals surface area contributed by atoms with Gasteiger partial charge in [0.05, 0.1) is 0 Å². The van der Waals surface area contributed by atoms with Gasteiger partial charge in [-0.3, -0.25) is 0 Å². The summed E-state index contributed by atoms with van der Waals surface area (Å²) >= 11 is 0. The number of aliphatic hydroxyl groups excluding tert-OH is 5. The van der Waals surface area contributed by atoms with Crippen molar-refractivity contribution in [2.45, 2.75) is 36.4 Å². The zero-order valence-electron chi connectivity index (χ0n) is 6.38. The van der Waals surface area contributed by atoms with Gasteiger partial charge in [0.25, 0.3) is 0 Å². The highest BCUT2D eigenvalue weighted by atomic mass is 19.3. The summed E-state index contributed by atoms with van der Waals surface area (Å²) in [4.78, 5) is 0. The fourth-order valence-electron chi connectivity index (χ4n) is 1.21. The van der Waals surface area contributed by atoms with Crippen LogP contribution in [0.5, 0.6) is 0 Å². The van der Waals surface area contributed by atoms with Crippen LogP contribution in [0.25, 0.3) is 0 Å². The molecule has 0 aromatic carbocycles.